The largest absolute Gasteiger partial charge is 0.416 e. The lowest BCUT2D eigenvalue weighted by Gasteiger charge is -2.33. The second-order valence-corrected chi connectivity index (χ2v) is 8.36. The highest BCUT2D eigenvalue weighted by Gasteiger charge is 2.33. The summed E-state index contributed by atoms with van der Waals surface area (Å²) < 4.78 is 80.8. The molecule has 0 amide bonds. The van der Waals surface area contributed by atoms with Gasteiger partial charge >= 0.3 is 6.18 Å². The molecule has 1 aliphatic heterocycles. The average molecular weight is 418 g/mol. The van der Waals surface area contributed by atoms with Gasteiger partial charge in [0.2, 0.25) is 0 Å². The van der Waals surface area contributed by atoms with E-state index in [0.717, 1.165) is 37.4 Å². The standard InChI is InChI=1S/C18H19F4N3O2S/c1-24-8-10-25(11-9-24)16-7-6-13(18(20,21)22)12-15(16)23-28(26,27)17-5-3-2-4-14(17)19/h2-7,12,23H,8-11H2,1H3/p+1. The number of rotatable bonds is 4. The lowest BCUT2D eigenvalue weighted by atomic mass is 10.1. The number of quaternary nitrogens is 1. The van der Waals surface area contributed by atoms with Crippen molar-refractivity contribution in [3.8, 4) is 0 Å². The van der Waals surface area contributed by atoms with E-state index in [1.54, 1.807) is 0 Å². The van der Waals surface area contributed by atoms with Crippen molar-refractivity contribution in [2.24, 2.45) is 0 Å². The second-order valence-electron chi connectivity index (χ2n) is 6.71. The number of hydrogen-bond acceptors (Lipinski definition) is 3. The van der Waals surface area contributed by atoms with Crippen LogP contribution in [-0.4, -0.2) is 41.6 Å². The first-order valence-electron chi connectivity index (χ1n) is 8.63. The Kier molecular flexibility index (Phi) is 5.53. The number of hydrogen-bond donors (Lipinski definition) is 2. The Morgan fingerprint density at radius 2 is 1.71 bits per heavy atom. The maximum Gasteiger partial charge on any atom is 0.416 e. The molecule has 0 bridgehead atoms. The average Bonchev–Trinajstić information content (AvgIpc) is 2.61. The van der Waals surface area contributed by atoms with Crippen LogP contribution in [0.4, 0.5) is 28.9 Å². The molecular formula is C18H20F4N3O2S+. The molecule has 3 rings (SSSR count). The summed E-state index contributed by atoms with van der Waals surface area (Å²) in [6.45, 7) is 2.65. The van der Waals surface area contributed by atoms with Gasteiger partial charge < -0.3 is 9.80 Å². The van der Waals surface area contributed by atoms with Crippen molar-refractivity contribution in [3.63, 3.8) is 0 Å². The fourth-order valence-corrected chi connectivity index (χ4v) is 4.21. The zero-order chi connectivity index (χ0) is 20.5. The molecule has 0 radical (unpaired) electrons. The van der Waals surface area contributed by atoms with E-state index in [1.807, 2.05) is 11.9 Å². The van der Waals surface area contributed by atoms with Crippen molar-refractivity contribution in [2.75, 3.05) is 42.8 Å². The molecule has 0 atom stereocenters. The topological polar surface area (TPSA) is 53.9 Å². The summed E-state index contributed by atoms with van der Waals surface area (Å²) in [6.07, 6.45) is -4.64. The van der Waals surface area contributed by atoms with Gasteiger partial charge in [-0.05, 0) is 30.3 Å². The minimum Gasteiger partial charge on any atom is -0.359 e. The van der Waals surface area contributed by atoms with Crippen molar-refractivity contribution in [2.45, 2.75) is 11.1 Å². The summed E-state index contributed by atoms with van der Waals surface area (Å²) >= 11 is 0. The summed E-state index contributed by atoms with van der Waals surface area (Å²) in [5.74, 6) is -0.980. The van der Waals surface area contributed by atoms with Crippen molar-refractivity contribution in [1.29, 1.82) is 0 Å². The van der Waals surface area contributed by atoms with Crippen molar-refractivity contribution >= 4 is 21.4 Å². The highest BCUT2D eigenvalue weighted by Crippen LogP contribution is 2.36. The van der Waals surface area contributed by atoms with Gasteiger partial charge in [-0.3, -0.25) is 4.72 Å². The number of likely N-dealkylation sites (N-methyl/N-ethyl adjacent to an activating group) is 1. The quantitative estimate of drug-likeness (QED) is 0.747. The molecule has 2 aromatic carbocycles. The molecule has 2 aromatic rings. The number of anilines is 2. The van der Waals surface area contributed by atoms with Crippen LogP contribution in [-0.2, 0) is 16.2 Å². The SMILES string of the molecule is C[NH+]1CCN(c2ccc(C(F)(F)F)cc2NS(=O)(=O)c2ccccc2F)CC1. The van der Waals surface area contributed by atoms with Crippen LogP contribution in [0.5, 0.6) is 0 Å². The van der Waals surface area contributed by atoms with Gasteiger partial charge in [-0.2, -0.15) is 13.2 Å². The van der Waals surface area contributed by atoms with Crippen molar-refractivity contribution in [1.82, 2.24) is 0 Å². The molecule has 1 saturated heterocycles. The molecule has 0 saturated carbocycles. The fraction of sp³-hybridized carbons (Fsp3) is 0.333. The minimum absolute atomic E-state index is 0.224. The summed E-state index contributed by atoms with van der Waals surface area (Å²) in [5, 5.41) is 0. The molecule has 152 valence electrons. The Hall–Kier alpha value is -2.33. The van der Waals surface area contributed by atoms with E-state index in [2.05, 4.69) is 4.72 Å². The maximum absolute atomic E-state index is 13.9. The predicted octanol–water partition coefficient (Wildman–Crippen LogP) is 1.98. The van der Waals surface area contributed by atoms with Crippen molar-refractivity contribution < 1.29 is 30.9 Å². The van der Waals surface area contributed by atoms with Gasteiger partial charge in [-0.25, -0.2) is 12.8 Å². The lowest BCUT2D eigenvalue weighted by Crippen LogP contribution is -3.12. The molecule has 0 spiro atoms. The van der Waals surface area contributed by atoms with E-state index in [-0.39, 0.29) is 5.69 Å². The van der Waals surface area contributed by atoms with Crippen LogP contribution >= 0.6 is 0 Å². The van der Waals surface area contributed by atoms with Gasteiger partial charge in [-0.15, -0.1) is 0 Å². The smallest absolute Gasteiger partial charge is 0.359 e. The van der Waals surface area contributed by atoms with Crippen molar-refractivity contribution in [3.05, 3.63) is 53.8 Å². The molecule has 28 heavy (non-hydrogen) atoms. The normalized spacial score (nSPS) is 16.2. The summed E-state index contributed by atoms with van der Waals surface area (Å²) in [7, 11) is -2.40. The van der Waals surface area contributed by atoms with Gasteiger partial charge in [0.15, 0.2) is 0 Å². The number of nitrogens with one attached hydrogen (secondary N) is 2. The third kappa shape index (κ3) is 4.39. The third-order valence-electron chi connectivity index (χ3n) is 4.65. The van der Waals surface area contributed by atoms with Gasteiger partial charge in [0.25, 0.3) is 10.0 Å². The Balaban J connectivity index is 2.02. The maximum atomic E-state index is 13.9. The number of sulfonamides is 1. The lowest BCUT2D eigenvalue weighted by molar-refractivity contribution is -0.880. The zero-order valence-corrected chi connectivity index (χ0v) is 15.9. The predicted molar refractivity (Wildman–Crippen MR) is 97.5 cm³/mol. The molecular weight excluding hydrogens is 398 g/mol. The van der Waals surface area contributed by atoms with E-state index < -0.39 is 32.5 Å². The molecule has 0 unspecified atom stereocenters. The molecule has 5 nitrogen and oxygen atoms in total. The summed E-state index contributed by atoms with van der Waals surface area (Å²) in [5.41, 5.74) is -0.875. The van der Waals surface area contributed by atoms with Gasteiger partial charge in [0.1, 0.15) is 10.7 Å². The minimum atomic E-state index is -4.64. The first-order chi connectivity index (χ1) is 13.1. The first-order valence-corrected chi connectivity index (χ1v) is 10.1. The highest BCUT2D eigenvalue weighted by atomic mass is 32.2. The number of halogens is 4. The Morgan fingerprint density at radius 1 is 1.07 bits per heavy atom. The third-order valence-corrected chi connectivity index (χ3v) is 6.05. The van der Waals surface area contributed by atoms with E-state index >= 15 is 0 Å². The second kappa shape index (κ2) is 7.59. The zero-order valence-electron chi connectivity index (χ0n) is 15.1. The van der Waals surface area contributed by atoms with Gasteiger partial charge in [-0.1, -0.05) is 12.1 Å². The van der Waals surface area contributed by atoms with Crippen LogP contribution < -0.4 is 14.5 Å². The highest BCUT2D eigenvalue weighted by molar-refractivity contribution is 7.92. The molecule has 1 aliphatic rings. The summed E-state index contributed by atoms with van der Waals surface area (Å²) in [6, 6.07) is 7.63. The van der Waals surface area contributed by atoms with Crippen LogP contribution in [0, 0.1) is 5.82 Å². The molecule has 0 aliphatic carbocycles. The van der Waals surface area contributed by atoms with E-state index in [9.17, 15) is 26.0 Å². The fourth-order valence-electron chi connectivity index (χ4n) is 3.06. The molecule has 1 heterocycles. The monoisotopic (exact) mass is 418 g/mol. The molecule has 1 fully saturated rings. The Bertz CT molecular complexity index is 956. The van der Waals surface area contributed by atoms with Crippen LogP contribution in [0.1, 0.15) is 5.56 Å². The Morgan fingerprint density at radius 3 is 2.32 bits per heavy atom. The summed E-state index contributed by atoms with van der Waals surface area (Å²) in [4.78, 5) is 2.48. The van der Waals surface area contributed by atoms with Crippen LogP contribution in [0.15, 0.2) is 47.4 Å². The number of piperazine rings is 1. The number of nitrogens with zero attached hydrogens (tertiary/aromatic N) is 1. The van der Waals surface area contributed by atoms with Gasteiger partial charge in [0.05, 0.1) is 50.2 Å². The van der Waals surface area contributed by atoms with Crippen LogP contribution in [0.25, 0.3) is 0 Å². The Labute approximate surface area is 160 Å². The van der Waals surface area contributed by atoms with Crippen LogP contribution in [0.3, 0.4) is 0 Å². The van der Waals surface area contributed by atoms with E-state index in [1.165, 1.54) is 23.1 Å². The molecule has 2 N–H and O–H groups in total. The van der Waals surface area contributed by atoms with Crippen LogP contribution in [0.2, 0.25) is 0 Å². The van der Waals surface area contributed by atoms with E-state index in [4.69, 9.17) is 0 Å². The number of alkyl halides is 3. The molecule has 10 heteroatoms. The van der Waals surface area contributed by atoms with Gasteiger partial charge in [0, 0.05) is 0 Å². The number of benzene rings is 2. The first kappa shape index (κ1) is 20.4. The molecule has 0 aromatic heterocycles. The van der Waals surface area contributed by atoms with E-state index in [0.29, 0.717) is 18.8 Å².